The van der Waals surface area contributed by atoms with Crippen molar-refractivity contribution in [3.8, 4) is 0 Å². The summed E-state index contributed by atoms with van der Waals surface area (Å²) in [5.41, 5.74) is 1.69. The van der Waals surface area contributed by atoms with E-state index < -0.39 is 0 Å². The normalized spacial score (nSPS) is 26.2. The Bertz CT molecular complexity index is 424. The van der Waals surface area contributed by atoms with Crippen molar-refractivity contribution in [3.63, 3.8) is 0 Å². The van der Waals surface area contributed by atoms with Crippen LogP contribution in [0.25, 0.3) is 0 Å². The summed E-state index contributed by atoms with van der Waals surface area (Å²) in [5, 5.41) is 3.73. The molecule has 116 valence electrons. The number of rotatable bonds is 7. The molecule has 0 bridgehead atoms. The van der Waals surface area contributed by atoms with Gasteiger partial charge in [-0.25, -0.2) is 0 Å². The summed E-state index contributed by atoms with van der Waals surface area (Å²) in [6, 6.07) is 11.5. The van der Waals surface area contributed by atoms with Crippen molar-refractivity contribution in [2.75, 3.05) is 33.4 Å². The molecule has 1 heterocycles. The number of benzene rings is 1. The Balaban J connectivity index is 1.57. The van der Waals surface area contributed by atoms with Crippen molar-refractivity contribution < 1.29 is 4.74 Å². The lowest BCUT2D eigenvalue weighted by atomic mass is 9.81. The van der Waals surface area contributed by atoms with Gasteiger partial charge in [-0.05, 0) is 38.3 Å². The van der Waals surface area contributed by atoms with Crippen molar-refractivity contribution in [2.24, 2.45) is 5.41 Å². The minimum Gasteiger partial charge on any atom is -0.381 e. The average molecular weight is 288 g/mol. The molecule has 0 spiro atoms. The smallest absolute Gasteiger partial charge is 0.0546 e. The van der Waals surface area contributed by atoms with Crippen LogP contribution in [0.15, 0.2) is 30.3 Å². The number of hydrogen-bond donors (Lipinski definition) is 1. The van der Waals surface area contributed by atoms with E-state index in [1.807, 2.05) is 0 Å². The van der Waals surface area contributed by atoms with Crippen molar-refractivity contribution in [1.29, 1.82) is 0 Å². The second-order valence-electron chi connectivity index (χ2n) is 6.97. The number of nitrogens with zero attached hydrogens (tertiary/aromatic N) is 1. The van der Waals surface area contributed by atoms with Crippen LogP contribution >= 0.6 is 0 Å². The second-order valence-corrected chi connectivity index (χ2v) is 6.97. The predicted molar refractivity (Wildman–Crippen MR) is 86.3 cm³/mol. The Morgan fingerprint density at radius 1 is 1.29 bits per heavy atom. The lowest BCUT2D eigenvalue weighted by Gasteiger charge is -2.40. The Morgan fingerprint density at radius 3 is 2.76 bits per heavy atom. The quantitative estimate of drug-likeness (QED) is 0.835. The summed E-state index contributed by atoms with van der Waals surface area (Å²) in [5.74, 6) is 0. The van der Waals surface area contributed by atoms with Crippen molar-refractivity contribution in [2.45, 2.75) is 38.3 Å². The Kier molecular flexibility index (Phi) is 4.94. The van der Waals surface area contributed by atoms with E-state index in [1.54, 1.807) is 0 Å². The molecule has 0 amide bonds. The number of hydrogen-bond acceptors (Lipinski definition) is 3. The minimum atomic E-state index is 0.296. The third-order valence-corrected chi connectivity index (χ3v) is 4.65. The van der Waals surface area contributed by atoms with Gasteiger partial charge >= 0.3 is 0 Å². The van der Waals surface area contributed by atoms with Crippen LogP contribution in [-0.4, -0.2) is 44.3 Å². The van der Waals surface area contributed by atoms with E-state index >= 15 is 0 Å². The molecule has 1 N–H and O–H groups in total. The predicted octanol–water partition coefficient (Wildman–Crippen LogP) is 2.67. The highest BCUT2D eigenvalue weighted by atomic mass is 16.5. The molecule has 1 aliphatic heterocycles. The van der Waals surface area contributed by atoms with Gasteiger partial charge in [0.15, 0.2) is 0 Å². The summed E-state index contributed by atoms with van der Waals surface area (Å²) >= 11 is 0. The van der Waals surface area contributed by atoms with Crippen molar-refractivity contribution in [3.05, 3.63) is 35.9 Å². The van der Waals surface area contributed by atoms with Crippen LogP contribution < -0.4 is 5.32 Å². The molecule has 0 aromatic heterocycles. The SMILES string of the molecule is CN(Cc1ccccc1)CC1(CNC2CC2)CCCOC1. The van der Waals surface area contributed by atoms with E-state index in [1.165, 1.54) is 31.2 Å². The minimum absolute atomic E-state index is 0.296. The van der Waals surface area contributed by atoms with Crippen LogP contribution in [0.5, 0.6) is 0 Å². The van der Waals surface area contributed by atoms with Crippen LogP contribution in [0, 0.1) is 5.41 Å². The molecule has 1 aliphatic carbocycles. The van der Waals surface area contributed by atoms with Crippen LogP contribution in [-0.2, 0) is 11.3 Å². The van der Waals surface area contributed by atoms with Gasteiger partial charge in [-0.15, -0.1) is 0 Å². The van der Waals surface area contributed by atoms with Crippen molar-refractivity contribution in [1.82, 2.24) is 10.2 Å². The maximum Gasteiger partial charge on any atom is 0.0546 e. The van der Waals surface area contributed by atoms with E-state index in [0.29, 0.717) is 5.41 Å². The topological polar surface area (TPSA) is 24.5 Å². The maximum absolute atomic E-state index is 5.82. The van der Waals surface area contributed by atoms with Crippen molar-refractivity contribution >= 4 is 0 Å². The first kappa shape index (κ1) is 15.0. The van der Waals surface area contributed by atoms with Gasteiger partial charge in [0.2, 0.25) is 0 Å². The van der Waals surface area contributed by atoms with E-state index in [9.17, 15) is 0 Å². The van der Waals surface area contributed by atoms with Gasteiger partial charge in [-0.1, -0.05) is 30.3 Å². The third kappa shape index (κ3) is 4.53. The van der Waals surface area contributed by atoms with Gasteiger partial charge in [0.25, 0.3) is 0 Å². The molecule has 2 aliphatic rings. The molecule has 1 aromatic rings. The Morgan fingerprint density at radius 2 is 2.10 bits per heavy atom. The summed E-state index contributed by atoms with van der Waals surface area (Å²) in [7, 11) is 2.24. The fraction of sp³-hybridized carbons (Fsp3) is 0.667. The Labute approximate surface area is 128 Å². The Hall–Kier alpha value is -0.900. The molecular formula is C18H28N2O. The first-order valence-corrected chi connectivity index (χ1v) is 8.29. The molecule has 3 nitrogen and oxygen atoms in total. The fourth-order valence-electron chi connectivity index (χ4n) is 3.40. The third-order valence-electron chi connectivity index (χ3n) is 4.65. The van der Waals surface area contributed by atoms with E-state index in [0.717, 1.165) is 38.9 Å². The fourth-order valence-corrected chi connectivity index (χ4v) is 3.40. The van der Waals surface area contributed by atoms with Crippen LogP contribution in [0.4, 0.5) is 0 Å². The van der Waals surface area contributed by atoms with E-state index in [2.05, 4.69) is 47.6 Å². The zero-order chi connectivity index (χ0) is 14.5. The van der Waals surface area contributed by atoms with Gasteiger partial charge in [0.1, 0.15) is 0 Å². The molecule has 1 saturated carbocycles. The molecule has 0 radical (unpaired) electrons. The zero-order valence-corrected chi connectivity index (χ0v) is 13.2. The monoisotopic (exact) mass is 288 g/mol. The molecule has 2 fully saturated rings. The summed E-state index contributed by atoms with van der Waals surface area (Å²) in [4.78, 5) is 2.46. The maximum atomic E-state index is 5.82. The number of nitrogens with one attached hydrogen (secondary N) is 1. The van der Waals surface area contributed by atoms with Crippen LogP contribution in [0.3, 0.4) is 0 Å². The van der Waals surface area contributed by atoms with Crippen LogP contribution in [0.2, 0.25) is 0 Å². The molecule has 3 heteroatoms. The molecule has 1 atom stereocenters. The molecule has 1 aromatic carbocycles. The van der Waals surface area contributed by atoms with E-state index in [4.69, 9.17) is 4.74 Å². The molecule has 3 rings (SSSR count). The van der Waals surface area contributed by atoms with Gasteiger partial charge in [-0.2, -0.15) is 0 Å². The highest BCUT2D eigenvalue weighted by molar-refractivity contribution is 5.14. The molecule has 1 saturated heterocycles. The highest BCUT2D eigenvalue weighted by Gasteiger charge is 2.35. The van der Waals surface area contributed by atoms with Gasteiger partial charge < -0.3 is 15.0 Å². The molecule has 1 unspecified atom stereocenters. The molecule has 21 heavy (non-hydrogen) atoms. The number of ether oxygens (including phenoxy) is 1. The summed E-state index contributed by atoms with van der Waals surface area (Å²) in [6.45, 7) is 5.09. The largest absolute Gasteiger partial charge is 0.381 e. The zero-order valence-electron chi connectivity index (χ0n) is 13.2. The summed E-state index contributed by atoms with van der Waals surface area (Å²) in [6.07, 6.45) is 5.20. The second kappa shape index (κ2) is 6.91. The summed E-state index contributed by atoms with van der Waals surface area (Å²) < 4.78 is 5.82. The first-order chi connectivity index (χ1) is 10.3. The lowest BCUT2D eigenvalue weighted by Crippen LogP contribution is -2.48. The van der Waals surface area contributed by atoms with Gasteiger partial charge in [-0.3, -0.25) is 0 Å². The first-order valence-electron chi connectivity index (χ1n) is 8.29. The van der Waals surface area contributed by atoms with Gasteiger partial charge in [0, 0.05) is 37.7 Å². The van der Waals surface area contributed by atoms with Crippen LogP contribution in [0.1, 0.15) is 31.2 Å². The highest BCUT2D eigenvalue weighted by Crippen LogP contribution is 2.31. The standard InChI is InChI=1S/C18H28N2O/c1-20(12-16-6-3-2-4-7-16)14-18(10-5-11-21-15-18)13-19-17-8-9-17/h2-4,6-7,17,19H,5,8-15H2,1H3. The van der Waals surface area contributed by atoms with Gasteiger partial charge in [0.05, 0.1) is 6.61 Å². The average Bonchev–Trinajstić information content (AvgIpc) is 3.31. The lowest BCUT2D eigenvalue weighted by molar-refractivity contribution is -0.0239. The molecular weight excluding hydrogens is 260 g/mol. The van der Waals surface area contributed by atoms with E-state index in [-0.39, 0.29) is 0 Å².